The highest BCUT2D eigenvalue weighted by Gasteiger charge is 2.31. The quantitative estimate of drug-likeness (QED) is 0.732. The van der Waals surface area contributed by atoms with Crippen LogP contribution in [0.25, 0.3) is 11.0 Å². The van der Waals surface area contributed by atoms with E-state index in [0.29, 0.717) is 23.9 Å². The Morgan fingerprint density at radius 2 is 1.70 bits per heavy atom. The molecule has 0 spiro atoms. The third-order valence-corrected chi connectivity index (χ3v) is 7.35. The van der Waals surface area contributed by atoms with Crippen LogP contribution in [0.2, 0.25) is 0 Å². The van der Waals surface area contributed by atoms with Crippen LogP contribution in [-0.2, 0) is 10.0 Å². The standard InChI is InChI=1S/C21H25N3O2S/c1-15(2)16-7-9-18(10-8-16)27(25,26)24-13-11-17(12-14-24)21-22-19-5-3-4-6-20(19)23-21/h3-10,15,17H,11-14H2,1-2H3,(H,22,23). The third kappa shape index (κ3) is 3.51. The van der Waals surface area contributed by atoms with Crippen molar-refractivity contribution in [1.29, 1.82) is 0 Å². The maximum Gasteiger partial charge on any atom is 0.243 e. The molecule has 27 heavy (non-hydrogen) atoms. The Labute approximate surface area is 160 Å². The topological polar surface area (TPSA) is 66.1 Å². The summed E-state index contributed by atoms with van der Waals surface area (Å²) in [5, 5.41) is 0. The van der Waals surface area contributed by atoms with Gasteiger partial charge in [-0.05, 0) is 48.6 Å². The maximum atomic E-state index is 13.0. The molecule has 1 aliphatic heterocycles. The van der Waals surface area contributed by atoms with E-state index in [0.717, 1.165) is 35.3 Å². The molecule has 0 radical (unpaired) electrons. The molecular formula is C21H25N3O2S. The highest BCUT2D eigenvalue weighted by molar-refractivity contribution is 7.89. The summed E-state index contributed by atoms with van der Waals surface area (Å²) in [4.78, 5) is 8.46. The van der Waals surface area contributed by atoms with Gasteiger partial charge in [-0.15, -0.1) is 0 Å². The lowest BCUT2D eigenvalue weighted by Gasteiger charge is -2.30. The van der Waals surface area contributed by atoms with Crippen molar-refractivity contribution in [2.75, 3.05) is 13.1 Å². The number of benzene rings is 2. The van der Waals surface area contributed by atoms with Crippen molar-refractivity contribution in [3.8, 4) is 0 Å². The van der Waals surface area contributed by atoms with E-state index in [4.69, 9.17) is 0 Å². The average molecular weight is 384 g/mol. The normalized spacial score (nSPS) is 17.0. The second-order valence-corrected chi connectivity index (χ2v) is 9.48. The monoisotopic (exact) mass is 383 g/mol. The number of nitrogens with zero attached hydrogens (tertiary/aromatic N) is 2. The fraction of sp³-hybridized carbons (Fsp3) is 0.381. The SMILES string of the molecule is CC(C)c1ccc(S(=O)(=O)N2CCC(c3nc4ccccc4[nH]3)CC2)cc1. The van der Waals surface area contributed by atoms with Crippen LogP contribution in [0, 0.1) is 0 Å². The smallest absolute Gasteiger partial charge is 0.243 e. The van der Waals surface area contributed by atoms with Crippen molar-refractivity contribution in [1.82, 2.24) is 14.3 Å². The molecule has 0 aliphatic carbocycles. The molecule has 0 amide bonds. The van der Waals surface area contributed by atoms with Gasteiger partial charge >= 0.3 is 0 Å². The van der Waals surface area contributed by atoms with Gasteiger partial charge in [-0.2, -0.15) is 4.31 Å². The van der Waals surface area contributed by atoms with Gasteiger partial charge in [0.05, 0.1) is 15.9 Å². The second kappa shape index (κ2) is 7.09. The minimum absolute atomic E-state index is 0.271. The van der Waals surface area contributed by atoms with Crippen LogP contribution in [0.15, 0.2) is 53.4 Å². The Kier molecular flexibility index (Phi) is 4.78. The molecule has 1 N–H and O–H groups in total. The largest absolute Gasteiger partial charge is 0.342 e. The van der Waals surface area contributed by atoms with Crippen LogP contribution in [0.5, 0.6) is 0 Å². The molecule has 0 bridgehead atoms. The molecule has 5 nitrogen and oxygen atoms in total. The summed E-state index contributed by atoms with van der Waals surface area (Å²) in [6, 6.07) is 15.3. The minimum Gasteiger partial charge on any atom is -0.342 e. The van der Waals surface area contributed by atoms with Crippen molar-refractivity contribution >= 4 is 21.1 Å². The first-order valence-electron chi connectivity index (χ1n) is 9.50. The van der Waals surface area contributed by atoms with Crippen LogP contribution in [0.4, 0.5) is 0 Å². The van der Waals surface area contributed by atoms with Crippen molar-refractivity contribution < 1.29 is 8.42 Å². The van der Waals surface area contributed by atoms with Gasteiger partial charge in [0.15, 0.2) is 0 Å². The molecule has 2 aromatic carbocycles. The lowest BCUT2D eigenvalue weighted by atomic mass is 9.97. The van der Waals surface area contributed by atoms with Crippen LogP contribution < -0.4 is 0 Å². The Hall–Kier alpha value is -2.18. The van der Waals surface area contributed by atoms with Crippen LogP contribution >= 0.6 is 0 Å². The molecule has 142 valence electrons. The Morgan fingerprint density at radius 3 is 2.33 bits per heavy atom. The number of aromatic amines is 1. The highest BCUT2D eigenvalue weighted by Crippen LogP contribution is 2.30. The fourth-order valence-electron chi connectivity index (χ4n) is 3.71. The van der Waals surface area contributed by atoms with E-state index in [1.165, 1.54) is 0 Å². The van der Waals surface area contributed by atoms with E-state index in [9.17, 15) is 8.42 Å². The molecule has 3 aromatic rings. The molecular weight excluding hydrogens is 358 g/mol. The Morgan fingerprint density at radius 1 is 1.04 bits per heavy atom. The lowest BCUT2D eigenvalue weighted by Crippen LogP contribution is -2.38. The van der Waals surface area contributed by atoms with Crippen molar-refractivity contribution in [3.05, 3.63) is 59.9 Å². The predicted molar refractivity (Wildman–Crippen MR) is 107 cm³/mol. The Bertz CT molecular complexity index is 998. The van der Waals surface area contributed by atoms with Crippen LogP contribution in [-0.4, -0.2) is 35.8 Å². The van der Waals surface area contributed by atoms with E-state index in [1.54, 1.807) is 16.4 Å². The van der Waals surface area contributed by atoms with Crippen LogP contribution in [0.3, 0.4) is 0 Å². The summed E-state index contributed by atoms with van der Waals surface area (Å²) in [6.45, 7) is 5.25. The maximum absolute atomic E-state index is 13.0. The van der Waals surface area contributed by atoms with E-state index in [2.05, 4.69) is 23.8 Å². The van der Waals surface area contributed by atoms with Gasteiger partial charge in [0, 0.05) is 19.0 Å². The van der Waals surface area contributed by atoms with Gasteiger partial charge in [-0.1, -0.05) is 38.1 Å². The summed E-state index contributed by atoms with van der Waals surface area (Å²) in [6.07, 6.45) is 1.56. The first-order chi connectivity index (χ1) is 12.9. The zero-order valence-electron chi connectivity index (χ0n) is 15.7. The van der Waals surface area contributed by atoms with Crippen molar-refractivity contribution in [2.45, 2.75) is 43.4 Å². The summed E-state index contributed by atoms with van der Waals surface area (Å²) in [7, 11) is -3.43. The third-order valence-electron chi connectivity index (χ3n) is 5.43. The predicted octanol–water partition coefficient (Wildman–Crippen LogP) is 4.25. The summed E-state index contributed by atoms with van der Waals surface area (Å²) < 4.78 is 27.5. The summed E-state index contributed by atoms with van der Waals surface area (Å²) in [5.74, 6) is 1.63. The molecule has 0 unspecified atom stereocenters. The lowest BCUT2D eigenvalue weighted by molar-refractivity contribution is 0.314. The highest BCUT2D eigenvalue weighted by atomic mass is 32.2. The number of fused-ring (bicyclic) bond motifs is 1. The van der Waals surface area contributed by atoms with Crippen LogP contribution in [0.1, 0.15) is 49.9 Å². The summed E-state index contributed by atoms with van der Waals surface area (Å²) in [5.41, 5.74) is 3.15. The zero-order chi connectivity index (χ0) is 19.0. The van der Waals surface area contributed by atoms with E-state index < -0.39 is 10.0 Å². The van der Waals surface area contributed by atoms with Gasteiger partial charge in [0.25, 0.3) is 0 Å². The Balaban J connectivity index is 1.47. The second-order valence-electron chi connectivity index (χ2n) is 7.54. The number of hydrogen-bond donors (Lipinski definition) is 1. The van der Waals surface area contributed by atoms with E-state index in [-0.39, 0.29) is 5.92 Å². The van der Waals surface area contributed by atoms with Gasteiger partial charge < -0.3 is 4.98 Å². The number of rotatable bonds is 4. The van der Waals surface area contributed by atoms with E-state index in [1.807, 2.05) is 36.4 Å². The zero-order valence-corrected chi connectivity index (χ0v) is 16.5. The van der Waals surface area contributed by atoms with E-state index >= 15 is 0 Å². The van der Waals surface area contributed by atoms with Gasteiger partial charge in [-0.25, -0.2) is 13.4 Å². The number of H-pyrrole nitrogens is 1. The number of imidazole rings is 1. The number of aromatic nitrogens is 2. The molecule has 6 heteroatoms. The number of nitrogens with one attached hydrogen (secondary N) is 1. The molecule has 0 atom stereocenters. The van der Waals surface area contributed by atoms with Gasteiger partial charge in [-0.3, -0.25) is 0 Å². The first kappa shape index (κ1) is 18.2. The molecule has 1 fully saturated rings. The molecule has 1 aromatic heterocycles. The average Bonchev–Trinajstić information content (AvgIpc) is 3.12. The van der Waals surface area contributed by atoms with Crippen molar-refractivity contribution in [2.24, 2.45) is 0 Å². The van der Waals surface area contributed by atoms with Gasteiger partial charge in [0.2, 0.25) is 10.0 Å². The van der Waals surface area contributed by atoms with Gasteiger partial charge in [0.1, 0.15) is 5.82 Å². The minimum atomic E-state index is -3.43. The molecule has 1 aliphatic rings. The molecule has 0 saturated carbocycles. The number of sulfonamides is 1. The number of para-hydroxylation sites is 2. The number of hydrogen-bond acceptors (Lipinski definition) is 3. The molecule has 2 heterocycles. The fourth-order valence-corrected chi connectivity index (χ4v) is 5.18. The van der Waals surface area contributed by atoms with Crippen molar-refractivity contribution in [3.63, 3.8) is 0 Å². The number of piperidine rings is 1. The first-order valence-corrected chi connectivity index (χ1v) is 10.9. The molecule has 4 rings (SSSR count). The molecule has 1 saturated heterocycles. The summed E-state index contributed by atoms with van der Waals surface area (Å²) >= 11 is 0.